The Kier molecular flexibility index (Phi) is 3.50. The average Bonchev–Trinajstić information content (AvgIpc) is 3.28. The molecule has 1 aliphatic carbocycles. The molecule has 0 saturated heterocycles. The smallest absolute Gasteiger partial charge is 0.435 e. The zero-order valence-corrected chi connectivity index (χ0v) is 13.5. The van der Waals surface area contributed by atoms with Crippen molar-refractivity contribution in [1.82, 2.24) is 9.78 Å². The molecule has 6 nitrogen and oxygen atoms in total. The largest absolute Gasteiger partial charge is 0.497 e. The number of fused-ring (bicyclic) bond motifs is 2. The van der Waals surface area contributed by atoms with E-state index in [0.717, 1.165) is 12.5 Å². The van der Waals surface area contributed by atoms with E-state index in [1.165, 1.54) is 11.8 Å². The molecule has 0 saturated carbocycles. The van der Waals surface area contributed by atoms with E-state index in [1.54, 1.807) is 24.3 Å². The van der Waals surface area contributed by atoms with E-state index in [4.69, 9.17) is 14.2 Å². The van der Waals surface area contributed by atoms with Crippen LogP contribution in [0.3, 0.4) is 0 Å². The van der Waals surface area contributed by atoms with Crippen LogP contribution in [-0.2, 0) is 39.2 Å². The highest BCUT2D eigenvalue weighted by molar-refractivity contribution is 5.94. The molecule has 0 radical (unpaired) electrons. The first-order valence-electron chi connectivity index (χ1n) is 7.69. The van der Waals surface area contributed by atoms with Gasteiger partial charge in [0, 0.05) is 0 Å². The molecule has 2 aliphatic rings. The number of nitrogens with zero attached hydrogens (tertiary/aromatic N) is 2. The summed E-state index contributed by atoms with van der Waals surface area (Å²) in [5, 5.41) is 3.71. The first-order chi connectivity index (χ1) is 12.3. The van der Waals surface area contributed by atoms with Gasteiger partial charge in [-0.3, -0.25) is 9.48 Å². The highest BCUT2D eigenvalue weighted by Gasteiger charge is 2.59. The maximum Gasteiger partial charge on any atom is 0.435 e. The number of ketones is 1. The van der Waals surface area contributed by atoms with Gasteiger partial charge in [-0.05, 0) is 17.7 Å². The Hall–Kier alpha value is -2.97. The van der Waals surface area contributed by atoms with Gasteiger partial charge in [0.25, 0.3) is 0 Å². The number of Topliss-reactive ketones (excluding diaryl/α,β-unsaturated/α-hetero) is 1. The second-order valence-corrected chi connectivity index (χ2v) is 5.90. The number of methoxy groups -OCH3 is 1. The second kappa shape index (κ2) is 5.52. The fourth-order valence-corrected chi connectivity index (χ4v) is 3.19. The van der Waals surface area contributed by atoms with Crippen molar-refractivity contribution in [1.29, 1.82) is 0 Å². The Bertz CT molecular complexity index is 892. The normalized spacial score (nSPS) is 17.3. The molecule has 1 aliphatic heterocycles. The first kappa shape index (κ1) is 16.5. The number of carbonyl (C=O) groups excluding carboxylic acids is 1. The molecule has 4 rings (SSSR count). The summed E-state index contributed by atoms with van der Waals surface area (Å²) in [4.78, 5) is 12.4. The number of hydrogen-bond donors (Lipinski definition) is 0. The summed E-state index contributed by atoms with van der Waals surface area (Å²) in [5.41, 5.74) is -0.685. The standard InChI is InChI=1S/C17H13F3N2O4/c1-24-11-4-2-10(3-5-11)9-22-12-8-13(23)16(25-6-7-26-16)14(12)15(21-22)17(18,19)20/h2-7H,8-9H2,1H3. The number of aromatic nitrogens is 2. The van der Waals surface area contributed by atoms with Crippen molar-refractivity contribution >= 4 is 5.78 Å². The van der Waals surface area contributed by atoms with Gasteiger partial charge >= 0.3 is 12.0 Å². The van der Waals surface area contributed by atoms with Crippen LogP contribution in [0.15, 0.2) is 36.8 Å². The van der Waals surface area contributed by atoms with E-state index in [9.17, 15) is 18.0 Å². The first-order valence-corrected chi connectivity index (χ1v) is 7.69. The summed E-state index contributed by atoms with van der Waals surface area (Å²) in [7, 11) is 1.52. The maximum atomic E-state index is 13.5. The Morgan fingerprint density at radius 3 is 2.46 bits per heavy atom. The molecular formula is C17H13F3N2O4. The van der Waals surface area contributed by atoms with E-state index in [-0.39, 0.29) is 24.2 Å². The fraction of sp³-hybridized carbons (Fsp3) is 0.294. The third kappa shape index (κ3) is 2.34. The van der Waals surface area contributed by atoms with Crippen LogP contribution in [0.25, 0.3) is 0 Å². The van der Waals surface area contributed by atoms with E-state index in [0.29, 0.717) is 11.3 Å². The molecule has 0 unspecified atom stereocenters. The summed E-state index contributed by atoms with van der Waals surface area (Å²) in [6.07, 6.45) is -2.87. The summed E-state index contributed by atoms with van der Waals surface area (Å²) in [6.45, 7) is 0.0686. The summed E-state index contributed by atoms with van der Waals surface area (Å²) in [5.74, 6) is -2.05. The van der Waals surface area contributed by atoms with Gasteiger partial charge in [0.15, 0.2) is 5.69 Å². The van der Waals surface area contributed by atoms with Gasteiger partial charge in [0.1, 0.15) is 18.3 Å². The number of halogens is 3. The molecule has 9 heteroatoms. The Morgan fingerprint density at radius 1 is 1.23 bits per heavy atom. The molecule has 1 aromatic heterocycles. The van der Waals surface area contributed by atoms with Gasteiger partial charge in [-0.25, -0.2) is 0 Å². The van der Waals surface area contributed by atoms with Gasteiger partial charge in [0.05, 0.1) is 31.3 Å². The number of ether oxygens (including phenoxy) is 3. The van der Waals surface area contributed by atoms with Crippen molar-refractivity contribution < 1.29 is 32.2 Å². The molecule has 0 N–H and O–H groups in total. The molecule has 0 amide bonds. The average molecular weight is 366 g/mol. The van der Waals surface area contributed by atoms with E-state index in [1.807, 2.05) is 0 Å². The zero-order chi connectivity index (χ0) is 18.5. The predicted octanol–water partition coefficient (Wildman–Crippen LogP) is 2.75. The van der Waals surface area contributed by atoms with Crippen LogP contribution in [0.2, 0.25) is 0 Å². The fourth-order valence-electron chi connectivity index (χ4n) is 3.19. The van der Waals surface area contributed by atoms with Gasteiger partial charge in [-0.1, -0.05) is 12.1 Å². The molecule has 1 spiro atoms. The van der Waals surface area contributed by atoms with Crippen molar-refractivity contribution in [3.05, 3.63) is 59.3 Å². The van der Waals surface area contributed by atoms with Crippen molar-refractivity contribution in [2.75, 3.05) is 7.11 Å². The third-order valence-electron chi connectivity index (χ3n) is 4.37. The Morgan fingerprint density at radius 2 is 1.88 bits per heavy atom. The third-order valence-corrected chi connectivity index (χ3v) is 4.37. The van der Waals surface area contributed by atoms with Crippen LogP contribution in [0.4, 0.5) is 13.2 Å². The number of hydrogen-bond acceptors (Lipinski definition) is 5. The topological polar surface area (TPSA) is 62.6 Å². The lowest BCUT2D eigenvalue weighted by molar-refractivity contribution is -0.178. The lowest BCUT2D eigenvalue weighted by atomic mass is 10.1. The van der Waals surface area contributed by atoms with Gasteiger partial charge in [0.2, 0.25) is 5.78 Å². The maximum absolute atomic E-state index is 13.5. The van der Waals surface area contributed by atoms with Crippen LogP contribution < -0.4 is 4.74 Å². The van der Waals surface area contributed by atoms with Crippen LogP contribution in [0.1, 0.15) is 22.5 Å². The van der Waals surface area contributed by atoms with Crippen LogP contribution in [0, 0.1) is 0 Å². The van der Waals surface area contributed by atoms with Crippen molar-refractivity contribution in [2.24, 2.45) is 0 Å². The Labute approximate surface area is 145 Å². The number of benzene rings is 1. The summed E-state index contributed by atoms with van der Waals surface area (Å²) < 4.78 is 57.1. The SMILES string of the molecule is COc1ccc(Cn2nc(C(F)(F)F)c3c2CC(=O)C32OC=CO2)cc1. The van der Waals surface area contributed by atoms with E-state index >= 15 is 0 Å². The molecule has 0 bridgehead atoms. The summed E-state index contributed by atoms with van der Waals surface area (Å²) in [6, 6.07) is 6.83. The highest BCUT2D eigenvalue weighted by Crippen LogP contribution is 2.47. The van der Waals surface area contributed by atoms with Crippen LogP contribution >= 0.6 is 0 Å². The van der Waals surface area contributed by atoms with E-state index in [2.05, 4.69) is 5.10 Å². The zero-order valence-electron chi connectivity index (χ0n) is 13.5. The molecule has 136 valence electrons. The minimum absolute atomic E-state index is 0.0686. The van der Waals surface area contributed by atoms with Gasteiger partial charge in [-0.15, -0.1) is 0 Å². The molecular weight excluding hydrogens is 353 g/mol. The molecule has 2 aromatic rings. The molecule has 0 atom stereocenters. The number of rotatable bonds is 3. The van der Waals surface area contributed by atoms with Crippen molar-refractivity contribution in [3.8, 4) is 5.75 Å². The minimum atomic E-state index is -4.75. The van der Waals surface area contributed by atoms with Crippen LogP contribution in [0.5, 0.6) is 5.75 Å². The summed E-state index contributed by atoms with van der Waals surface area (Å²) >= 11 is 0. The predicted molar refractivity (Wildman–Crippen MR) is 81.0 cm³/mol. The highest BCUT2D eigenvalue weighted by atomic mass is 19.4. The Balaban J connectivity index is 1.79. The second-order valence-electron chi connectivity index (χ2n) is 5.90. The van der Waals surface area contributed by atoms with Crippen molar-refractivity contribution in [2.45, 2.75) is 24.9 Å². The van der Waals surface area contributed by atoms with E-state index < -0.39 is 23.4 Å². The van der Waals surface area contributed by atoms with Crippen molar-refractivity contribution in [3.63, 3.8) is 0 Å². The molecule has 1 aromatic carbocycles. The number of carbonyl (C=O) groups is 1. The monoisotopic (exact) mass is 366 g/mol. The lowest BCUT2D eigenvalue weighted by Crippen LogP contribution is -2.34. The molecule has 2 heterocycles. The molecule has 26 heavy (non-hydrogen) atoms. The van der Waals surface area contributed by atoms with Gasteiger partial charge in [-0.2, -0.15) is 18.3 Å². The van der Waals surface area contributed by atoms with Crippen LogP contribution in [-0.4, -0.2) is 22.7 Å². The lowest BCUT2D eigenvalue weighted by Gasteiger charge is -2.21. The molecule has 0 fully saturated rings. The number of alkyl halides is 3. The quantitative estimate of drug-likeness (QED) is 0.836. The minimum Gasteiger partial charge on any atom is -0.497 e. The van der Waals surface area contributed by atoms with Gasteiger partial charge < -0.3 is 14.2 Å².